The third-order valence-electron chi connectivity index (χ3n) is 4.04. The molecule has 2 heterocycles. The van der Waals surface area contributed by atoms with E-state index in [1.807, 2.05) is 0 Å². The molecule has 1 aliphatic rings. The highest BCUT2D eigenvalue weighted by atomic mass is 15.2. The van der Waals surface area contributed by atoms with Crippen LogP contribution < -0.4 is 4.90 Å². The van der Waals surface area contributed by atoms with Crippen molar-refractivity contribution in [2.75, 3.05) is 31.6 Å². The van der Waals surface area contributed by atoms with Gasteiger partial charge in [0.15, 0.2) is 0 Å². The number of aromatic nitrogens is 1. The van der Waals surface area contributed by atoms with E-state index in [2.05, 4.69) is 54.0 Å². The van der Waals surface area contributed by atoms with E-state index in [9.17, 15) is 0 Å². The third-order valence-corrected chi connectivity index (χ3v) is 4.04. The molecule has 0 amide bonds. The highest BCUT2D eigenvalue weighted by Crippen LogP contribution is 2.30. The molecule has 0 bridgehead atoms. The van der Waals surface area contributed by atoms with Crippen molar-refractivity contribution in [1.82, 2.24) is 9.88 Å². The van der Waals surface area contributed by atoms with Crippen molar-refractivity contribution in [3.63, 3.8) is 0 Å². The Morgan fingerprint density at radius 3 is 2.78 bits per heavy atom. The summed E-state index contributed by atoms with van der Waals surface area (Å²) < 4.78 is 0. The van der Waals surface area contributed by atoms with E-state index in [1.54, 1.807) is 0 Å². The van der Waals surface area contributed by atoms with E-state index in [0.717, 1.165) is 18.9 Å². The Hall–Kier alpha value is -1.09. The molecule has 0 N–H and O–H groups in total. The summed E-state index contributed by atoms with van der Waals surface area (Å²) in [4.78, 5) is 9.33. The standard InChI is InChI=1S/C15H25N3/c1-4-17(3)15-10-9-13(12-16-15)14-8-6-7-11-18(14)5-2/h9-10,12,14H,4-8,11H2,1-3H3. The predicted molar refractivity (Wildman–Crippen MR) is 77.0 cm³/mol. The predicted octanol–water partition coefficient (Wildman–Crippen LogP) is 3.08. The first kappa shape index (κ1) is 13.3. The number of anilines is 1. The highest BCUT2D eigenvalue weighted by Gasteiger charge is 2.22. The van der Waals surface area contributed by atoms with Crippen LogP contribution in [0, 0.1) is 0 Å². The summed E-state index contributed by atoms with van der Waals surface area (Å²) in [6.07, 6.45) is 6.03. The highest BCUT2D eigenvalue weighted by molar-refractivity contribution is 5.38. The molecule has 3 heteroatoms. The van der Waals surface area contributed by atoms with Crippen molar-refractivity contribution >= 4 is 5.82 Å². The molecular formula is C15H25N3. The molecule has 1 aliphatic heterocycles. The molecule has 0 spiro atoms. The number of hydrogen-bond acceptors (Lipinski definition) is 3. The SMILES string of the molecule is CCN(C)c1ccc(C2CCCCN2CC)cn1. The molecule has 1 aromatic rings. The van der Waals surface area contributed by atoms with Crippen molar-refractivity contribution < 1.29 is 0 Å². The first-order valence-corrected chi connectivity index (χ1v) is 7.17. The van der Waals surface area contributed by atoms with Crippen molar-refractivity contribution in [3.8, 4) is 0 Å². The average Bonchev–Trinajstić information content (AvgIpc) is 2.46. The molecule has 2 rings (SSSR count). The smallest absolute Gasteiger partial charge is 0.128 e. The molecule has 1 saturated heterocycles. The summed E-state index contributed by atoms with van der Waals surface area (Å²) in [6.45, 7) is 7.77. The summed E-state index contributed by atoms with van der Waals surface area (Å²) in [6, 6.07) is 4.99. The van der Waals surface area contributed by atoms with E-state index in [4.69, 9.17) is 0 Å². The van der Waals surface area contributed by atoms with Crippen LogP contribution >= 0.6 is 0 Å². The number of hydrogen-bond donors (Lipinski definition) is 0. The Kier molecular flexibility index (Phi) is 4.59. The zero-order valence-corrected chi connectivity index (χ0v) is 11.9. The van der Waals surface area contributed by atoms with Crippen LogP contribution in [-0.2, 0) is 0 Å². The lowest BCUT2D eigenvalue weighted by atomic mass is 9.96. The van der Waals surface area contributed by atoms with Crippen LogP contribution in [0.25, 0.3) is 0 Å². The average molecular weight is 247 g/mol. The van der Waals surface area contributed by atoms with Gasteiger partial charge in [-0.15, -0.1) is 0 Å². The summed E-state index contributed by atoms with van der Waals surface area (Å²) in [5, 5.41) is 0. The molecule has 0 aromatic carbocycles. The molecule has 0 aliphatic carbocycles. The quantitative estimate of drug-likeness (QED) is 0.815. The molecular weight excluding hydrogens is 222 g/mol. The summed E-state index contributed by atoms with van der Waals surface area (Å²) in [5.41, 5.74) is 1.38. The van der Waals surface area contributed by atoms with Crippen molar-refractivity contribution in [2.24, 2.45) is 0 Å². The van der Waals surface area contributed by atoms with Gasteiger partial charge in [0.25, 0.3) is 0 Å². The molecule has 3 nitrogen and oxygen atoms in total. The van der Waals surface area contributed by atoms with Gasteiger partial charge >= 0.3 is 0 Å². The fraction of sp³-hybridized carbons (Fsp3) is 0.667. The molecule has 0 saturated carbocycles. The van der Waals surface area contributed by atoms with Crippen LogP contribution in [0.15, 0.2) is 18.3 Å². The van der Waals surface area contributed by atoms with Crippen LogP contribution in [0.1, 0.15) is 44.7 Å². The summed E-state index contributed by atoms with van der Waals surface area (Å²) in [5.74, 6) is 1.07. The molecule has 0 radical (unpaired) electrons. The maximum Gasteiger partial charge on any atom is 0.128 e. The van der Waals surface area contributed by atoms with Crippen LogP contribution in [0.3, 0.4) is 0 Å². The third kappa shape index (κ3) is 2.83. The van der Waals surface area contributed by atoms with E-state index < -0.39 is 0 Å². The fourth-order valence-corrected chi connectivity index (χ4v) is 2.73. The number of pyridine rings is 1. The zero-order valence-electron chi connectivity index (χ0n) is 11.9. The van der Waals surface area contributed by atoms with Crippen LogP contribution in [-0.4, -0.2) is 36.6 Å². The van der Waals surface area contributed by atoms with E-state index >= 15 is 0 Å². The van der Waals surface area contributed by atoms with E-state index in [-0.39, 0.29) is 0 Å². The van der Waals surface area contributed by atoms with Gasteiger partial charge in [-0.1, -0.05) is 19.4 Å². The number of nitrogens with zero attached hydrogens (tertiary/aromatic N) is 3. The van der Waals surface area contributed by atoms with Crippen molar-refractivity contribution in [1.29, 1.82) is 0 Å². The lowest BCUT2D eigenvalue weighted by molar-refractivity contribution is 0.157. The molecule has 1 unspecified atom stereocenters. The van der Waals surface area contributed by atoms with Crippen molar-refractivity contribution in [3.05, 3.63) is 23.9 Å². The number of likely N-dealkylation sites (tertiary alicyclic amines) is 1. The molecule has 1 aromatic heterocycles. The van der Waals surface area contributed by atoms with Gasteiger partial charge in [0.1, 0.15) is 5.82 Å². The van der Waals surface area contributed by atoms with E-state index in [0.29, 0.717) is 6.04 Å². The zero-order chi connectivity index (χ0) is 13.0. The second-order valence-electron chi connectivity index (χ2n) is 5.10. The maximum atomic E-state index is 4.59. The monoisotopic (exact) mass is 247 g/mol. The van der Waals surface area contributed by atoms with E-state index in [1.165, 1.54) is 31.4 Å². The van der Waals surface area contributed by atoms with Crippen LogP contribution in [0.2, 0.25) is 0 Å². The van der Waals surface area contributed by atoms with Gasteiger partial charge < -0.3 is 4.90 Å². The van der Waals surface area contributed by atoms with Gasteiger partial charge in [0.05, 0.1) is 0 Å². The summed E-state index contributed by atoms with van der Waals surface area (Å²) in [7, 11) is 2.08. The second kappa shape index (κ2) is 6.19. The van der Waals surface area contributed by atoms with Gasteiger partial charge in [-0.3, -0.25) is 4.90 Å². The van der Waals surface area contributed by atoms with Crippen LogP contribution in [0.5, 0.6) is 0 Å². The van der Waals surface area contributed by atoms with Gasteiger partial charge in [-0.05, 0) is 44.5 Å². The lowest BCUT2D eigenvalue weighted by Gasteiger charge is -2.35. The van der Waals surface area contributed by atoms with Gasteiger partial charge in [0.2, 0.25) is 0 Å². The largest absolute Gasteiger partial charge is 0.360 e. The van der Waals surface area contributed by atoms with Crippen molar-refractivity contribution in [2.45, 2.75) is 39.2 Å². The van der Waals surface area contributed by atoms with Crippen LogP contribution in [0.4, 0.5) is 5.82 Å². The Morgan fingerprint density at radius 2 is 2.17 bits per heavy atom. The first-order valence-electron chi connectivity index (χ1n) is 7.17. The van der Waals surface area contributed by atoms with Gasteiger partial charge in [-0.25, -0.2) is 4.98 Å². The Balaban J connectivity index is 2.12. The first-order chi connectivity index (χ1) is 8.76. The lowest BCUT2D eigenvalue weighted by Crippen LogP contribution is -2.33. The van der Waals surface area contributed by atoms with Gasteiger partial charge in [0, 0.05) is 25.8 Å². The van der Waals surface area contributed by atoms with Gasteiger partial charge in [-0.2, -0.15) is 0 Å². The normalized spacial score (nSPS) is 20.9. The Morgan fingerprint density at radius 1 is 1.33 bits per heavy atom. The minimum atomic E-state index is 0.581. The molecule has 1 fully saturated rings. The topological polar surface area (TPSA) is 19.4 Å². The number of rotatable bonds is 4. The minimum Gasteiger partial charge on any atom is -0.360 e. The number of piperidine rings is 1. The maximum absolute atomic E-state index is 4.59. The molecule has 100 valence electrons. The molecule has 18 heavy (non-hydrogen) atoms. The summed E-state index contributed by atoms with van der Waals surface area (Å²) >= 11 is 0. The Labute approximate surface area is 111 Å². The minimum absolute atomic E-state index is 0.581. The Bertz CT molecular complexity index is 361. The second-order valence-corrected chi connectivity index (χ2v) is 5.10. The molecule has 1 atom stereocenters. The fourth-order valence-electron chi connectivity index (χ4n) is 2.73.